The van der Waals surface area contributed by atoms with Gasteiger partial charge < -0.3 is 5.01 Å². The van der Waals surface area contributed by atoms with Gasteiger partial charge in [0.25, 0.3) is 0 Å². The summed E-state index contributed by atoms with van der Waals surface area (Å²) in [7, 11) is 0. The monoisotopic (exact) mass is 164 g/mol. The van der Waals surface area contributed by atoms with E-state index in [-0.39, 0.29) is 0 Å². The van der Waals surface area contributed by atoms with Crippen LogP contribution in [-0.4, -0.2) is 11.1 Å². The van der Waals surface area contributed by atoms with Gasteiger partial charge in [0.15, 0.2) is 0 Å². The maximum absolute atomic E-state index is 5.85. The van der Waals surface area contributed by atoms with Gasteiger partial charge in [-0.15, -0.1) is 0 Å². The second-order valence-electron chi connectivity index (χ2n) is 3.08. The number of hydrogen-bond acceptors (Lipinski definition) is 2. The summed E-state index contributed by atoms with van der Waals surface area (Å²) >= 11 is 0. The molecule has 1 heterocycles. The van der Waals surface area contributed by atoms with Crippen molar-refractivity contribution < 1.29 is 0 Å². The summed E-state index contributed by atoms with van der Waals surface area (Å²) < 4.78 is 0. The summed E-state index contributed by atoms with van der Waals surface area (Å²) in [5.41, 5.74) is 2.34. The molecule has 12 heavy (non-hydrogen) atoms. The van der Waals surface area contributed by atoms with Crippen molar-refractivity contribution in [3.63, 3.8) is 0 Å². The molecule has 0 spiro atoms. The van der Waals surface area contributed by atoms with Crippen LogP contribution in [0.3, 0.4) is 0 Å². The Morgan fingerprint density at radius 1 is 1.67 bits per heavy atom. The van der Waals surface area contributed by atoms with Crippen LogP contribution >= 0.6 is 0 Å². The van der Waals surface area contributed by atoms with Gasteiger partial charge in [-0.05, 0) is 31.9 Å². The van der Waals surface area contributed by atoms with E-state index >= 15 is 0 Å². The van der Waals surface area contributed by atoms with Crippen LogP contribution in [0, 0.1) is 0 Å². The standard InChI is InChI=1S/C10H16N2/c1-4-6-10-9(5-2)7-8(3)12(10)11/h4-6,8H,2,7,11H2,1,3H3/b6-4-. The first kappa shape index (κ1) is 9.07. The van der Waals surface area contributed by atoms with Crippen LogP contribution in [0.1, 0.15) is 20.3 Å². The van der Waals surface area contributed by atoms with Gasteiger partial charge in [-0.3, -0.25) is 0 Å². The third kappa shape index (κ3) is 1.43. The van der Waals surface area contributed by atoms with Gasteiger partial charge in [-0.25, -0.2) is 5.84 Å². The minimum atomic E-state index is 0.393. The molecule has 0 radical (unpaired) electrons. The molecule has 2 nitrogen and oxygen atoms in total. The largest absolute Gasteiger partial charge is 0.308 e. The topological polar surface area (TPSA) is 29.3 Å². The molecule has 0 saturated carbocycles. The Hall–Kier alpha value is -1.02. The second kappa shape index (κ2) is 3.59. The number of nitrogens with two attached hydrogens (primary N) is 1. The van der Waals surface area contributed by atoms with E-state index in [2.05, 4.69) is 13.5 Å². The van der Waals surface area contributed by atoms with Crippen LogP contribution in [0.15, 0.2) is 36.1 Å². The molecule has 1 aliphatic heterocycles. The zero-order valence-electron chi connectivity index (χ0n) is 7.75. The molecule has 1 rings (SSSR count). The normalized spacial score (nSPS) is 24.2. The number of hydrazine groups is 1. The SMILES string of the molecule is C=CC1=C(/C=C\C)N(N)C(C)C1. The summed E-state index contributed by atoms with van der Waals surface area (Å²) in [6.45, 7) is 7.87. The predicted molar refractivity (Wildman–Crippen MR) is 52.1 cm³/mol. The highest BCUT2D eigenvalue weighted by Gasteiger charge is 2.22. The van der Waals surface area contributed by atoms with Crippen LogP contribution in [0.2, 0.25) is 0 Å². The van der Waals surface area contributed by atoms with E-state index < -0.39 is 0 Å². The fourth-order valence-corrected chi connectivity index (χ4v) is 1.46. The van der Waals surface area contributed by atoms with Crippen molar-refractivity contribution in [3.05, 3.63) is 36.1 Å². The lowest BCUT2D eigenvalue weighted by molar-refractivity contribution is 0.313. The van der Waals surface area contributed by atoms with Crippen LogP contribution in [0.5, 0.6) is 0 Å². The third-order valence-corrected chi connectivity index (χ3v) is 2.17. The molecule has 1 unspecified atom stereocenters. The maximum Gasteiger partial charge on any atom is 0.0549 e. The average Bonchev–Trinajstić information content (AvgIpc) is 2.33. The molecule has 0 saturated heterocycles. The molecule has 0 aromatic rings. The minimum absolute atomic E-state index is 0.393. The van der Waals surface area contributed by atoms with Crippen molar-refractivity contribution in [2.45, 2.75) is 26.3 Å². The Bertz CT molecular complexity index is 238. The molecule has 0 aliphatic carbocycles. The first-order valence-corrected chi connectivity index (χ1v) is 4.23. The van der Waals surface area contributed by atoms with Gasteiger partial charge in [0.05, 0.1) is 5.70 Å². The van der Waals surface area contributed by atoms with Crippen molar-refractivity contribution in [2.24, 2.45) is 5.84 Å². The Balaban J connectivity index is 2.94. The molecule has 1 atom stereocenters. The molecule has 0 fully saturated rings. The van der Waals surface area contributed by atoms with E-state index in [1.165, 1.54) is 5.57 Å². The van der Waals surface area contributed by atoms with Crippen LogP contribution in [0.4, 0.5) is 0 Å². The van der Waals surface area contributed by atoms with E-state index in [4.69, 9.17) is 5.84 Å². The fraction of sp³-hybridized carbons (Fsp3) is 0.400. The number of allylic oxidation sites excluding steroid dienone is 3. The summed E-state index contributed by atoms with van der Waals surface area (Å²) in [6.07, 6.45) is 6.91. The quantitative estimate of drug-likeness (QED) is 0.632. The van der Waals surface area contributed by atoms with Gasteiger partial charge in [0, 0.05) is 6.04 Å². The molecular formula is C10H16N2. The lowest BCUT2D eigenvalue weighted by atomic mass is 10.1. The second-order valence-corrected chi connectivity index (χ2v) is 3.08. The number of nitrogens with zero attached hydrogens (tertiary/aromatic N) is 1. The third-order valence-electron chi connectivity index (χ3n) is 2.17. The molecule has 66 valence electrons. The first-order chi connectivity index (χ1) is 5.70. The van der Waals surface area contributed by atoms with E-state index in [1.807, 2.05) is 25.2 Å². The van der Waals surface area contributed by atoms with Gasteiger partial charge in [0.1, 0.15) is 0 Å². The Morgan fingerprint density at radius 3 is 2.83 bits per heavy atom. The van der Waals surface area contributed by atoms with Crippen molar-refractivity contribution in [2.75, 3.05) is 0 Å². The molecule has 1 aliphatic rings. The minimum Gasteiger partial charge on any atom is -0.308 e. The van der Waals surface area contributed by atoms with Gasteiger partial charge in [0.2, 0.25) is 0 Å². The zero-order valence-corrected chi connectivity index (χ0v) is 7.75. The van der Waals surface area contributed by atoms with Crippen LogP contribution in [0.25, 0.3) is 0 Å². The van der Waals surface area contributed by atoms with Crippen molar-refractivity contribution >= 4 is 0 Å². The molecule has 0 aromatic heterocycles. The number of hydrogen-bond donors (Lipinski definition) is 1. The maximum atomic E-state index is 5.85. The van der Waals surface area contributed by atoms with Crippen molar-refractivity contribution in [1.82, 2.24) is 5.01 Å². The molecule has 0 bridgehead atoms. The Labute approximate surface area is 74.0 Å². The summed E-state index contributed by atoms with van der Waals surface area (Å²) in [6, 6.07) is 0.393. The van der Waals surface area contributed by atoms with Crippen molar-refractivity contribution in [3.8, 4) is 0 Å². The average molecular weight is 164 g/mol. The smallest absolute Gasteiger partial charge is 0.0549 e. The van der Waals surface area contributed by atoms with E-state index in [9.17, 15) is 0 Å². The summed E-state index contributed by atoms with van der Waals surface area (Å²) in [4.78, 5) is 0. The Morgan fingerprint density at radius 2 is 2.33 bits per heavy atom. The number of rotatable bonds is 2. The van der Waals surface area contributed by atoms with Crippen LogP contribution < -0.4 is 5.84 Å². The predicted octanol–water partition coefficient (Wildman–Crippen LogP) is 1.97. The van der Waals surface area contributed by atoms with Gasteiger partial charge in [-0.1, -0.05) is 18.7 Å². The molecule has 0 aromatic carbocycles. The summed E-state index contributed by atoms with van der Waals surface area (Å²) in [5, 5.41) is 1.80. The van der Waals surface area contributed by atoms with Gasteiger partial charge in [-0.2, -0.15) is 0 Å². The molecule has 2 heteroatoms. The van der Waals surface area contributed by atoms with Gasteiger partial charge >= 0.3 is 0 Å². The lowest BCUT2D eigenvalue weighted by Crippen LogP contribution is -2.33. The van der Waals surface area contributed by atoms with E-state index in [0.29, 0.717) is 6.04 Å². The Kier molecular flexibility index (Phi) is 2.71. The van der Waals surface area contributed by atoms with E-state index in [1.54, 1.807) is 5.01 Å². The molecular weight excluding hydrogens is 148 g/mol. The van der Waals surface area contributed by atoms with Crippen molar-refractivity contribution in [1.29, 1.82) is 0 Å². The highest BCUT2D eigenvalue weighted by Crippen LogP contribution is 2.26. The van der Waals surface area contributed by atoms with E-state index in [0.717, 1.165) is 12.1 Å². The first-order valence-electron chi connectivity index (χ1n) is 4.23. The highest BCUT2D eigenvalue weighted by atomic mass is 15.4. The fourth-order valence-electron chi connectivity index (χ4n) is 1.46. The highest BCUT2D eigenvalue weighted by molar-refractivity contribution is 5.35. The summed E-state index contributed by atoms with van der Waals surface area (Å²) in [5.74, 6) is 5.85. The zero-order chi connectivity index (χ0) is 9.14. The molecule has 0 amide bonds. The van der Waals surface area contributed by atoms with Crippen LogP contribution in [-0.2, 0) is 0 Å². The molecule has 2 N–H and O–H groups in total. The lowest BCUT2D eigenvalue weighted by Gasteiger charge is -2.18.